The second-order valence-corrected chi connectivity index (χ2v) is 5.50. The molecule has 1 aromatic rings. The molecule has 1 fully saturated rings. The molecule has 21 heavy (non-hydrogen) atoms. The molecular formula is C15H20N2O4. The van der Waals surface area contributed by atoms with Gasteiger partial charge < -0.3 is 20.5 Å². The minimum atomic E-state index is -1.10. The minimum Gasteiger partial charge on any atom is -0.479 e. The van der Waals surface area contributed by atoms with Crippen molar-refractivity contribution in [2.24, 2.45) is 0 Å². The van der Waals surface area contributed by atoms with Gasteiger partial charge in [0.2, 0.25) is 0 Å². The first-order valence-corrected chi connectivity index (χ1v) is 6.94. The second kappa shape index (κ2) is 6.58. The van der Waals surface area contributed by atoms with E-state index in [9.17, 15) is 14.7 Å². The van der Waals surface area contributed by atoms with Gasteiger partial charge in [-0.2, -0.15) is 0 Å². The molecular weight excluding hydrogens is 272 g/mol. The van der Waals surface area contributed by atoms with E-state index < -0.39 is 23.6 Å². The minimum absolute atomic E-state index is 0.434. The van der Waals surface area contributed by atoms with Crippen LogP contribution >= 0.6 is 0 Å². The fraction of sp³-hybridized carbons (Fsp3) is 0.467. The van der Waals surface area contributed by atoms with E-state index in [0.29, 0.717) is 18.8 Å². The number of benzene rings is 1. The highest BCUT2D eigenvalue weighted by Crippen LogP contribution is 2.19. The zero-order chi connectivity index (χ0) is 15.3. The molecule has 1 aromatic carbocycles. The molecule has 1 aliphatic rings. The van der Waals surface area contributed by atoms with Crippen LogP contribution in [0.4, 0.5) is 4.79 Å². The topological polar surface area (TPSA) is 87.7 Å². The first-order chi connectivity index (χ1) is 10.0. The number of hydrogen-bond donors (Lipinski definition) is 3. The van der Waals surface area contributed by atoms with Gasteiger partial charge in [0.1, 0.15) is 0 Å². The summed E-state index contributed by atoms with van der Waals surface area (Å²) in [6.07, 6.45) is 1.68. The molecule has 2 amide bonds. The summed E-state index contributed by atoms with van der Waals surface area (Å²) in [6, 6.07) is 7.04. The molecule has 0 radical (unpaired) electrons. The summed E-state index contributed by atoms with van der Waals surface area (Å²) in [4.78, 5) is 23.4. The van der Waals surface area contributed by atoms with Gasteiger partial charge >= 0.3 is 12.0 Å². The molecule has 1 aliphatic heterocycles. The van der Waals surface area contributed by atoms with Gasteiger partial charge in [-0.15, -0.1) is 0 Å². The number of aliphatic carboxylic acids is 1. The third kappa shape index (κ3) is 4.19. The SMILES string of the molecule is CC1(NC(=O)N[C@@H](C(=O)O)c2ccccc2)CCCOC1. The van der Waals surface area contributed by atoms with Crippen LogP contribution in [0.3, 0.4) is 0 Å². The number of amides is 2. The van der Waals surface area contributed by atoms with Crippen molar-refractivity contribution in [3.8, 4) is 0 Å². The van der Waals surface area contributed by atoms with Crippen molar-refractivity contribution < 1.29 is 19.4 Å². The van der Waals surface area contributed by atoms with Crippen molar-refractivity contribution in [1.82, 2.24) is 10.6 Å². The Morgan fingerprint density at radius 2 is 2.05 bits per heavy atom. The molecule has 0 bridgehead atoms. The van der Waals surface area contributed by atoms with E-state index in [4.69, 9.17) is 4.74 Å². The molecule has 0 saturated carbocycles. The molecule has 2 atom stereocenters. The van der Waals surface area contributed by atoms with Gasteiger partial charge in [0, 0.05) is 6.61 Å². The Labute approximate surface area is 123 Å². The predicted octanol–water partition coefficient (Wildman–Crippen LogP) is 1.68. The highest BCUT2D eigenvalue weighted by molar-refractivity contribution is 5.84. The maximum absolute atomic E-state index is 12.1. The smallest absolute Gasteiger partial charge is 0.330 e. The number of urea groups is 1. The maximum atomic E-state index is 12.1. The van der Waals surface area contributed by atoms with E-state index in [1.165, 1.54) is 0 Å². The van der Waals surface area contributed by atoms with E-state index in [0.717, 1.165) is 12.8 Å². The maximum Gasteiger partial charge on any atom is 0.330 e. The molecule has 0 spiro atoms. The molecule has 3 N–H and O–H groups in total. The lowest BCUT2D eigenvalue weighted by atomic mass is 9.95. The Hall–Kier alpha value is -2.08. The van der Waals surface area contributed by atoms with Gasteiger partial charge in [0.05, 0.1) is 12.1 Å². The van der Waals surface area contributed by atoms with Crippen molar-refractivity contribution in [2.75, 3.05) is 13.2 Å². The zero-order valence-corrected chi connectivity index (χ0v) is 12.0. The average molecular weight is 292 g/mol. The number of rotatable bonds is 4. The Balaban J connectivity index is 2.00. The molecule has 1 unspecified atom stereocenters. The highest BCUT2D eigenvalue weighted by atomic mass is 16.5. The van der Waals surface area contributed by atoms with Crippen molar-refractivity contribution in [3.05, 3.63) is 35.9 Å². The third-order valence-electron chi connectivity index (χ3n) is 3.51. The summed E-state index contributed by atoms with van der Waals surface area (Å²) < 4.78 is 5.36. The monoisotopic (exact) mass is 292 g/mol. The van der Waals surface area contributed by atoms with Crippen LogP contribution in [0.25, 0.3) is 0 Å². The van der Waals surface area contributed by atoms with Crippen molar-refractivity contribution in [1.29, 1.82) is 0 Å². The molecule has 6 nitrogen and oxygen atoms in total. The van der Waals surface area contributed by atoms with Crippen LogP contribution in [0.15, 0.2) is 30.3 Å². The van der Waals surface area contributed by atoms with Gasteiger partial charge in [-0.3, -0.25) is 0 Å². The molecule has 114 valence electrons. The fourth-order valence-corrected chi connectivity index (χ4v) is 2.41. The van der Waals surface area contributed by atoms with Gasteiger partial charge in [-0.25, -0.2) is 9.59 Å². The number of hydrogen-bond acceptors (Lipinski definition) is 3. The normalized spacial score (nSPS) is 23.1. The van der Waals surface area contributed by atoms with E-state index in [-0.39, 0.29) is 0 Å². The Morgan fingerprint density at radius 1 is 1.33 bits per heavy atom. The van der Waals surface area contributed by atoms with Crippen molar-refractivity contribution in [3.63, 3.8) is 0 Å². The molecule has 1 saturated heterocycles. The fourth-order valence-electron chi connectivity index (χ4n) is 2.41. The first-order valence-electron chi connectivity index (χ1n) is 6.94. The highest BCUT2D eigenvalue weighted by Gasteiger charge is 2.31. The lowest BCUT2D eigenvalue weighted by Crippen LogP contribution is -2.55. The standard InChI is InChI=1S/C15H20N2O4/c1-15(8-5-9-21-10-15)17-14(20)16-12(13(18)19)11-6-3-2-4-7-11/h2-4,6-7,12H,5,8-10H2,1H3,(H,18,19)(H2,16,17,20)/t12-,15?/m1/s1. The number of carbonyl (C=O) groups excluding carboxylic acids is 1. The summed E-state index contributed by atoms with van der Waals surface area (Å²) in [5.74, 6) is -1.10. The average Bonchev–Trinajstić information content (AvgIpc) is 2.45. The summed E-state index contributed by atoms with van der Waals surface area (Å²) in [7, 11) is 0. The van der Waals surface area contributed by atoms with E-state index in [1.54, 1.807) is 30.3 Å². The molecule has 0 aromatic heterocycles. The van der Waals surface area contributed by atoms with Crippen LogP contribution < -0.4 is 10.6 Å². The zero-order valence-electron chi connectivity index (χ0n) is 12.0. The van der Waals surface area contributed by atoms with Crippen LogP contribution in [0.1, 0.15) is 31.4 Å². The summed E-state index contributed by atoms with van der Waals surface area (Å²) >= 11 is 0. The number of carbonyl (C=O) groups is 2. The first kappa shape index (κ1) is 15.3. The largest absolute Gasteiger partial charge is 0.479 e. The molecule has 1 heterocycles. The van der Waals surface area contributed by atoms with Gasteiger partial charge in [0.25, 0.3) is 0 Å². The van der Waals surface area contributed by atoms with Crippen molar-refractivity contribution in [2.45, 2.75) is 31.3 Å². The molecule has 2 rings (SSSR count). The molecule has 0 aliphatic carbocycles. The van der Waals surface area contributed by atoms with E-state index >= 15 is 0 Å². The number of carboxylic acids is 1. The van der Waals surface area contributed by atoms with Crippen LogP contribution in [-0.2, 0) is 9.53 Å². The summed E-state index contributed by atoms with van der Waals surface area (Å²) in [6.45, 7) is 3.02. The van der Waals surface area contributed by atoms with Crippen LogP contribution in [-0.4, -0.2) is 35.9 Å². The Bertz CT molecular complexity index is 498. The second-order valence-electron chi connectivity index (χ2n) is 5.50. The van der Waals surface area contributed by atoms with Crippen LogP contribution in [0, 0.1) is 0 Å². The van der Waals surface area contributed by atoms with Gasteiger partial charge in [0.15, 0.2) is 6.04 Å². The Kier molecular flexibility index (Phi) is 4.80. The quantitative estimate of drug-likeness (QED) is 0.788. The van der Waals surface area contributed by atoms with Gasteiger partial charge in [-0.05, 0) is 25.3 Å². The van der Waals surface area contributed by atoms with E-state index in [1.807, 2.05) is 6.92 Å². The van der Waals surface area contributed by atoms with Gasteiger partial charge in [-0.1, -0.05) is 30.3 Å². The van der Waals surface area contributed by atoms with E-state index in [2.05, 4.69) is 10.6 Å². The summed E-state index contributed by atoms with van der Waals surface area (Å²) in [5.41, 5.74) is 0.0763. The Morgan fingerprint density at radius 3 is 2.62 bits per heavy atom. The number of nitrogens with one attached hydrogen (secondary N) is 2. The lowest BCUT2D eigenvalue weighted by molar-refractivity contribution is -0.139. The lowest BCUT2D eigenvalue weighted by Gasteiger charge is -2.34. The van der Waals surface area contributed by atoms with Crippen LogP contribution in [0.5, 0.6) is 0 Å². The van der Waals surface area contributed by atoms with Crippen LogP contribution in [0.2, 0.25) is 0 Å². The summed E-state index contributed by atoms with van der Waals surface area (Å²) in [5, 5.41) is 14.6. The number of carboxylic acid groups (broad SMARTS) is 1. The van der Waals surface area contributed by atoms with Crippen molar-refractivity contribution >= 4 is 12.0 Å². The number of ether oxygens (including phenoxy) is 1. The predicted molar refractivity (Wildman–Crippen MR) is 76.9 cm³/mol. The third-order valence-corrected chi connectivity index (χ3v) is 3.51. The molecule has 6 heteroatoms.